The van der Waals surface area contributed by atoms with Gasteiger partial charge in [0.2, 0.25) is 0 Å². The minimum Gasteiger partial charge on any atom is -0.389 e. The number of hydrogen-bond donors (Lipinski definition) is 3. The predicted molar refractivity (Wildman–Crippen MR) is 93.0 cm³/mol. The van der Waals surface area contributed by atoms with Crippen molar-refractivity contribution >= 4 is 5.91 Å². The number of carbonyl (C=O) groups is 1. The van der Waals surface area contributed by atoms with E-state index in [1.54, 1.807) is 0 Å². The molecule has 1 amide bonds. The molecule has 1 aliphatic carbocycles. The van der Waals surface area contributed by atoms with Crippen LogP contribution in [-0.2, 0) is 5.41 Å². The lowest BCUT2D eigenvalue weighted by Gasteiger charge is -2.39. The first kappa shape index (κ1) is 17.4. The summed E-state index contributed by atoms with van der Waals surface area (Å²) in [7, 11) is 0. The zero-order chi connectivity index (χ0) is 17.3. The van der Waals surface area contributed by atoms with E-state index in [0.29, 0.717) is 5.69 Å². The summed E-state index contributed by atoms with van der Waals surface area (Å²) in [4.78, 5) is 14.9. The van der Waals surface area contributed by atoms with E-state index in [2.05, 4.69) is 41.2 Å². The van der Waals surface area contributed by atoms with Crippen molar-refractivity contribution in [2.75, 3.05) is 13.1 Å². The number of H-pyrrole nitrogens is 1. The van der Waals surface area contributed by atoms with Crippen LogP contribution in [0, 0.1) is 0 Å². The Morgan fingerprint density at radius 3 is 2.62 bits per heavy atom. The molecule has 134 valence electrons. The van der Waals surface area contributed by atoms with Crippen molar-refractivity contribution in [3.8, 4) is 0 Å². The van der Waals surface area contributed by atoms with Gasteiger partial charge in [0.1, 0.15) is 5.69 Å². The Labute approximate surface area is 144 Å². The summed E-state index contributed by atoms with van der Waals surface area (Å²) in [5.41, 5.74) is 1.26. The Morgan fingerprint density at radius 1 is 1.29 bits per heavy atom. The topological polar surface area (TPSA) is 81.2 Å². The van der Waals surface area contributed by atoms with Gasteiger partial charge in [-0.15, -0.1) is 0 Å². The molecule has 0 unspecified atom stereocenters. The minimum absolute atomic E-state index is 0.0727. The van der Waals surface area contributed by atoms with Gasteiger partial charge < -0.3 is 10.4 Å². The summed E-state index contributed by atoms with van der Waals surface area (Å²) < 4.78 is 0. The van der Waals surface area contributed by atoms with Crippen molar-refractivity contribution in [2.45, 2.75) is 76.5 Å². The smallest absolute Gasteiger partial charge is 0.272 e. The Morgan fingerprint density at radius 2 is 2.00 bits per heavy atom. The lowest BCUT2D eigenvalue weighted by atomic mass is 9.87. The molecule has 1 saturated heterocycles. The molecule has 24 heavy (non-hydrogen) atoms. The molecule has 2 fully saturated rings. The average Bonchev–Trinajstić information content (AvgIpc) is 3.20. The lowest BCUT2D eigenvalue weighted by Crippen LogP contribution is -2.56. The Hall–Kier alpha value is -1.40. The molecule has 2 aliphatic rings. The highest BCUT2D eigenvalue weighted by molar-refractivity contribution is 5.92. The van der Waals surface area contributed by atoms with Gasteiger partial charge in [-0.2, -0.15) is 5.10 Å². The fraction of sp³-hybridized carbons (Fsp3) is 0.778. The summed E-state index contributed by atoms with van der Waals surface area (Å²) in [6, 6.07) is 1.80. The second-order valence-electron chi connectivity index (χ2n) is 8.23. The molecule has 1 aromatic rings. The molecule has 1 aromatic heterocycles. The molecule has 0 aromatic carbocycles. The Bertz CT molecular complexity index is 572. The van der Waals surface area contributed by atoms with Crippen LogP contribution in [-0.4, -0.2) is 57.4 Å². The van der Waals surface area contributed by atoms with E-state index < -0.39 is 6.10 Å². The van der Waals surface area contributed by atoms with Gasteiger partial charge in [0, 0.05) is 17.2 Å². The highest BCUT2D eigenvalue weighted by Crippen LogP contribution is 2.27. The largest absolute Gasteiger partial charge is 0.389 e. The maximum Gasteiger partial charge on any atom is 0.272 e. The molecule has 0 spiro atoms. The minimum atomic E-state index is -0.498. The van der Waals surface area contributed by atoms with E-state index in [1.807, 2.05) is 6.07 Å². The standard InChI is InChI=1S/C18H30N4O2/c1-18(2,3)15-11-13(20-21-15)17(24)19-12-7-6-8-14(16(12)23)22-9-4-5-10-22/h11-12,14,16,23H,4-10H2,1-3H3,(H,19,24)(H,20,21)/t12-,14-,16-/m1/s1. The molecule has 3 rings (SSSR count). The number of aliphatic hydroxyl groups excluding tert-OH is 1. The van der Waals surface area contributed by atoms with Crippen molar-refractivity contribution in [2.24, 2.45) is 0 Å². The molecule has 2 heterocycles. The molecule has 1 saturated carbocycles. The zero-order valence-corrected chi connectivity index (χ0v) is 15.0. The highest BCUT2D eigenvalue weighted by atomic mass is 16.3. The summed E-state index contributed by atoms with van der Waals surface area (Å²) in [5, 5.41) is 20.8. The van der Waals surface area contributed by atoms with Crippen LogP contribution in [0.3, 0.4) is 0 Å². The van der Waals surface area contributed by atoms with Crippen molar-refractivity contribution in [1.29, 1.82) is 0 Å². The van der Waals surface area contributed by atoms with Crippen molar-refractivity contribution < 1.29 is 9.90 Å². The maximum atomic E-state index is 12.5. The maximum absolute atomic E-state index is 12.5. The average molecular weight is 334 g/mol. The molecule has 3 atom stereocenters. The van der Waals surface area contributed by atoms with Gasteiger partial charge in [0.05, 0.1) is 12.1 Å². The first-order valence-electron chi connectivity index (χ1n) is 9.15. The third-order valence-electron chi connectivity index (χ3n) is 5.37. The molecule has 3 N–H and O–H groups in total. The number of likely N-dealkylation sites (tertiary alicyclic amines) is 1. The molecule has 0 bridgehead atoms. The van der Waals surface area contributed by atoms with Crippen LogP contribution >= 0.6 is 0 Å². The van der Waals surface area contributed by atoms with Crippen LogP contribution in [0.25, 0.3) is 0 Å². The van der Waals surface area contributed by atoms with Gasteiger partial charge in [-0.1, -0.05) is 20.8 Å². The van der Waals surface area contributed by atoms with Gasteiger partial charge in [-0.3, -0.25) is 14.8 Å². The van der Waals surface area contributed by atoms with Crippen LogP contribution in [0.5, 0.6) is 0 Å². The fourth-order valence-electron chi connectivity index (χ4n) is 3.85. The van der Waals surface area contributed by atoms with Crippen molar-refractivity contribution in [3.05, 3.63) is 17.5 Å². The number of aromatic nitrogens is 2. The van der Waals surface area contributed by atoms with Crippen molar-refractivity contribution in [3.63, 3.8) is 0 Å². The summed E-state index contributed by atoms with van der Waals surface area (Å²) in [6.07, 6.45) is 4.81. The van der Waals surface area contributed by atoms with Crippen LogP contribution in [0.1, 0.15) is 69.1 Å². The number of nitrogens with zero attached hydrogens (tertiary/aromatic N) is 2. The molecular formula is C18H30N4O2. The van der Waals surface area contributed by atoms with Crippen molar-refractivity contribution in [1.82, 2.24) is 20.4 Å². The summed E-state index contributed by atoms with van der Waals surface area (Å²) >= 11 is 0. The molecule has 1 aliphatic heterocycles. The number of nitrogens with one attached hydrogen (secondary N) is 2. The van der Waals surface area contributed by atoms with Crippen LogP contribution in [0.15, 0.2) is 6.07 Å². The predicted octanol–water partition coefficient (Wildman–Crippen LogP) is 1.81. The number of carbonyl (C=O) groups excluding carboxylic acids is 1. The summed E-state index contributed by atoms with van der Waals surface area (Å²) in [6.45, 7) is 8.36. The number of hydrogen-bond acceptors (Lipinski definition) is 4. The second-order valence-corrected chi connectivity index (χ2v) is 8.23. The first-order valence-corrected chi connectivity index (χ1v) is 9.15. The van der Waals surface area contributed by atoms with Gasteiger partial charge in [-0.25, -0.2) is 0 Å². The SMILES string of the molecule is CC(C)(C)c1cc(C(=O)N[C@@H]2CCC[C@@H](N3CCCC3)[C@@H]2O)n[nH]1. The number of aromatic amines is 1. The lowest BCUT2D eigenvalue weighted by molar-refractivity contribution is 0.00697. The van der Waals surface area contributed by atoms with E-state index in [0.717, 1.165) is 38.0 Å². The van der Waals surface area contributed by atoms with E-state index in [-0.39, 0.29) is 23.4 Å². The molecule has 6 nitrogen and oxygen atoms in total. The Balaban J connectivity index is 1.64. The summed E-state index contributed by atoms with van der Waals surface area (Å²) in [5.74, 6) is -0.201. The Kier molecular flexibility index (Phi) is 4.97. The molecule has 0 radical (unpaired) electrons. The van der Waals surface area contributed by atoms with Crippen LogP contribution < -0.4 is 5.32 Å². The van der Waals surface area contributed by atoms with Gasteiger partial charge >= 0.3 is 0 Å². The quantitative estimate of drug-likeness (QED) is 0.787. The molecule has 6 heteroatoms. The van der Waals surface area contributed by atoms with Crippen LogP contribution in [0.2, 0.25) is 0 Å². The van der Waals surface area contributed by atoms with Gasteiger partial charge in [-0.05, 0) is 51.3 Å². The normalized spacial score (nSPS) is 28.9. The number of aliphatic hydroxyl groups is 1. The third-order valence-corrected chi connectivity index (χ3v) is 5.37. The van der Waals surface area contributed by atoms with E-state index in [1.165, 1.54) is 12.8 Å². The van der Waals surface area contributed by atoms with Gasteiger partial charge in [0.25, 0.3) is 5.91 Å². The third kappa shape index (κ3) is 3.64. The molecular weight excluding hydrogens is 304 g/mol. The second kappa shape index (κ2) is 6.84. The van der Waals surface area contributed by atoms with E-state index >= 15 is 0 Å². The number of rotatable bonds is 3. The zero-order valence-electron chi connectivity index (χ0n) is 15.0. The monoisotopic (exact) mass is 334 g/mol. The van der Waals surface area contributed by atoms with Gasteiger partial charge in [0.15, 0.2) is 0 Å². The van der Waals surface area contributed by atoms with E-state index in [9.17, 15) is 9.90 Å². The number of amides is 1. The van der Waals surface area contributed by atoms with E-state index in [4.69, 9.17) is 0 Å². The first-order chi connectivity index (χ1) is 11.4. The highest BCUT2D eigenvalue weighted by Gasteiger charge is 2.37. The van der Waals surface area contributed by atoms with Crippen LogP contribution in [0.4, 0.5) is 0 Å². The fourth-order valence-corrected chi connectivity index (χ4v) is 3.85.